The molecule has 7 rings (SSSR count). The monoisotopic (exact) mass is 523 g/mol. The average Bonchev–Trinajstić information content (AvgIpc) is 3.06. The van der Waals surface area contributed by atoms with Gasteiger partial charge in [0, 0.05) is 17.1 Å². The Morgan fingerprint density at radius 3 is 1.32 bits per heavy atom. The molecule has 0 aromatic heterocycles. The summed E-state index contributed by atoms with van der Waals surface area (Å²) >= 11 is 0. The predicted octanol–water partition coefficient (Wildman–Crippen LogP) is 11.3. The predicted molar refractivity (Wildman–Crippen MR) is 175 cm³/mol. The Bertz CT molecular complexity index is 1910. The van der Waals surface area contributed by atoms with Gasteiger partial charge in [0.25, 0.3) is 0 Å². The lowest BCUT2D eigenvalue weighted by Gasteiger charge is -2.26. The zero-order valence-electron chi connectivity index (χ0n) is 22.7. The van der Waals surface area contributed by atoms with Crippen LogP contribution in [0.15, 0.2) is 176 Å². The van der Waals surface area contributed by atoms with Crippen molar-refractivity contribution >= 4 is 27.8 Å². The van der Waals surface area contributed by atoms with Crippen molar-refractivity contribution in [1.82, 2.24) is 0 Å². The highest BCUT2D eigenvalue weighted by Crippen LogP contribution is 2.40. The van der Waals surface area contributed by atoms with E-state index in [1.54, 1.807) is 0 Å². The van der Waals surface area contributed by atoms with E-state index >= 15 is 0 Å². The minimum atomic E-state index is 1.12. The number of hydrogen-bond donors (Lipinski definition) is 0. The summed E-state index contributed by atoms with van der Waals surface area (Å²) in [6.45, 7) is 0. The van der Waals surface area contributed by atoms with Crippen molar-refractivity contribution in [3.63, 3.8) is 0 Å². The molecule has 0 atom stereocenters. The van der Waals surface area contributed by atoms with Crippen molar-refractivity contribution in [1.29, 1.82) is 0 Å². The molecule has 0 aliphatic heterocycles. The third-order valence-corrected chi connectivity index (χ3v) is 7.63. The van der Waals surface area contributed by atoms with Gasteiger partial charge in [-0.3, -0.25) is 0 Å². The van der Waals surface area contributed by atoms with Crippen LogP contribution in [0.4, 0.5) is 17.1 Å². The Morgan fingerprint density at radius 2 is 0.707 bits per heavy atom. The van der Waals surface area contributed by atoms with Crippen LogP contribution in [-0.4, -0.2) is 0 Å². The molecule has 0 spiro atoms. The molecule has 0 heterocycles. The van der Waals surface area contributed by atoms with Gasteiger partial charge in [-0.25, -0.2) is 0 Å². The second-order valence-electron chi connectivity index (χ2n) is 10.2. The Labute approximate surface area is 241 Å². The van der Waals surface area contributed by atoms with Gasteiger partial charge < -0.3 is 4.90 Å². The Hall–Kier alpha value is -5.40. The number of hydrogen-bond acceptors (Lipinski definition) is 1. The molecule has 0 aliphatic rings. The van der Waals surface area contributed by atoms with Crippen LogP contribution in [0.2, 0.25) is 0 Å². The molecule has 0 fully saturated rings. The van der Waals surface area contributed by atoms with E-state index in [2.05, 4.69) is 181 Å². The summed E-state index contributed by atoms with van der Waals surface area (Å²) in [5, 5.41) is 2.50. The number of fused-ring (bicyclic) bond motifs is 1. The third-order valence-electron chi connectivity index (χ3n) is 7.63. The molecule has 1 heteroatoms. The van der Waals surface area contributed by atoms with Crippen molar-refractivity contribution in [2.24, 2.45) is 0 Å². The number of nitrogens with zero attached hydrogens (tertiary/aromatic N) is 1. The Kier molecular flexibility index (Phi) is 6.61. The highest BCUT2D eigenvalue weighted by Gasteiger charge is 2.15. The van der Waals surface area contributed by atoms with Gasteiger partial charge in [-0.15, -0.1) is 0 Å². The lowest BCUT2D eigenvalue weighted by molar-refractivity contribution is 1.28. The summed E-state index contributed by atoms with van der Waals surface area (Å²) in [4.78, 5) is 2.33. The first-order valence-electron chi connectivity index (χ1n) is 14.0. The summed E-state index contributed by atoms with van der Waals surface area (Å²) in [7, 11) is 0. The molecule has 194 valence electrons. The van der Waals surface area contributed by atoms with E-state index in [-0.39, 0.29) is 0 Å². The van der Waals surface area contributed by atoms with E-state index < -0.39 is 0 Å². The summed E-state index contributed by atoms with van der Waals surface area (Å²) in [6, 6.07) is 62.8. The molecule has 7 aromatic carbocycles. The van der Waals surface area contributed by atoms with E-state index in [9.17, 15) is 0 Å². The maximum atomic E-state index is 2.33. The lowest BCUT2D eigenvalue weighted by Crippen LogP contribution is -2.09. The standard InChI is InChI=1S/C40H29N/c1-4-13-30(14-5-1)33-19-12-22-38(27-33)41(36-20-8-3-9-21-36)37-25-23-32(24-26-37)40-29-35-18-11-10-17-34(35)28-39(40)31-15-6-2-7-16-31/h1-29H. The fourth-order valence-electron chi connectivity index (χ4n) is 5.61. The van der Waals surface area contributed by atoms with E-state index in [0.717, 1.165) is 17.1 Å². The number of anilines is 3. The maximum absolute atomic E-state index is 2.33. The Morgan fingerprint density at radius 1 is 0.268 bits per heavy atom. The number of para-hydroxylation sites is 1. The first-order valence-corrected chi connectivity index (χ1v) is 14.0. The summed E-state index contributed by atoms with van der Waals surface area (Å²) in [5.74, 6) is 0. The lowest BCUT2D eigenvalue weighted by atomic mass is 9.91. The van der Waals surface area contributed by atoms with Crippen LogP contribution in [-0.2, 0) is 0 Å². The molecule has 0 aliphatic carbocycles. The molecule has 0 saturated carbocycles. The first-order chi connectivity index (χ1) is 20.3. The van der Waals surface area contributed by atoms with Crippen molar-refractivity contribution in [3.8, 4) is 33.4 Å². The minimum Gasteiger partial charge on any atom is -0.310 e. The van der Waals surface area contributed by atoms with Crippen LogP contribution < -0.4 is 4.90 Å². The molecule has 0 bridgehead atoms. The molecule has 0 N–H and O–H groups in total. The topological polar surface area (TPSA) is 3.24 Å². The van der Waals surface area contributed by atoms with E-state index in [0.29, 0.717) is 0 Å². The van der Waals surface area contributed by atoms with Crippen molar-refractivity contribution in [2.45, 2.75) is 0 Å². The highest BCUT2D eigenvalue weighted by atomic mass is 15.1. The molecule has 7 aromatic rings. The summed E-state index contributed by atoms with van der Waals surface area (Å²) < 4.78 is 0. The second kappa shape index (κ2) is 11.0. The fourth-order valence-corrected chi connectivity index (χ4v) is 5.61. The number of rotatable bonds is 6. The zero-order valence-corrected chi connectivity index (χ0v) is 22.7. The van der Waals surface area contributed by atoms with Crippen molar-refractivity contribution in [3.05, 3.63) is 176 Å². The van der Waals surface area contributed by atoms with E-state index in [4.69, 9.17) is 0 Å². The van der Waals surface area contributed by atoms with Gasteiger partial charge in [0.2, 0.25) is 0 Å². The van der Waals surface area contributed by atoms with Crippen LogP contribution in [0.5, 0.6) is 0 Å². The first kappa shape index (κ1) is 24.6. The van der Waals surface area contributed by atoms with Crippen molar-refractivity contribution in [2.75, 3.05) is 4.90 Å². The second-order valence-corrected chi connectivity index (χ2v) is 10.2. The van der Waals surface area contributed by atoms with Crippen LogP contribution in [0.3, 0.4) is 0 Å². The SMILES string of the molecule is c1ccc(-c2cccc(N(c3ccccc3)c3ccc(-c4cc5ccccc5cc4-c4ccccc4)cc3)c2)cc1. The smallest absolute Gasteiger partial charge is 0.0467 e. The zero-order chi connectivity index (χ0) is 27.4. The minimum absolute atomic E-state index is 1.12. The van der Waals surface area contributed by atoms with Gasteiger partial charge in [-0.2, -0.15) is 0 Å². The van der Waals surface area contributed by atoms with Gasteiger partial charge in [-0.05, 0) is 92.7 Å². The molecule has 0 amide bonds. The molecule has 1 nitrogen and oxygen atoms in total. The molecule has 41 heavy (non-hydrogen) atoms. The highest BCUT2D eigenvalue weighted by molar-refractivity contribution is 5.96. The van der Waals surface area contributed by atoms with Crippen LogP contribution in [0.25, 0.3) is 44.2 Å². The summed E-state index contributed by atoms with van der Waals surface area (Å²) in [6.07, 6.45) is 0. The molecule has 0 saturated heterocycles. The molecular weight excluding hydrogens is 494 g/mol. The fraction of sp³-hybridized carbons (Fsp3) is 0. The van der Waals surface area contributed by atoms with Crippen LogP contribution in [0.1, 0.15) is 0 Å². The summed E-state index contributed by atoms with van der Waals surface area (Å²) in [5.41, 5.74) is 10.7. The quantitative estimate of drug-likeness (QED) is 0.209. The van der Waals surface area contributed by atoms with Gasteiger partial charge in [0.1, 0.15) is 0 Å². The molecular formula is C40H29N. The third kappa shape index (κ3) is 5.02. The van der Waals surface area contributed by atoms with Crippen LogP contribution in [0, 0.1) is 0 Å². The molecule has 0 radical (unpaired) electrons. The van der Waals surface area contributed by atoms with Crippen LogP contribution >= 0.6 is 0 Å². The van der Waals surface area contributed by atoms with Gasteiger partial charge >= 0.3 is 0 Å². The maximum Gasteiger partial charge on any atom is 0.0467 e. The average molecular weight is 524 g/mol. The van der Waals surface area contributed by atoms with E-state index in [1.807, 2.05) is 0 Å². The van der Waals surface area contributed by atoms with Gasteiger partial charge in [0.05, 0.1) is 0 Å². The largest absolute Gasteiger partial charge is 0.310 e. The van der Waals surface area contributed by atoms with E-state index in [1.165, 1.54) is 44.2 Å². The molecule has 0 unspecified atom stereocenters. The van der Waals surface area contributed by atoms with Crippen molar-refractivity contribution < 1.29 is 0 Å². The normalized spacial score (nSPS) is 10.9. The Balaban J connectivity index is 1.33. The van der Waals surface area contributed by atoms with Gasteiger partial charge in [-0.1, -0.05) is 127 Å². The number of benzene rings is 7. The van der Waals surface area contributed by atoms with Gasteiger partial charge in [0.15, 0.2) is 0 Å².